The molecule has 0 amide bonds. The van der Waals surface area contributed by atoms with E-state index in [4.69, 9.17) is 5.11 Å². The van der Waals surface area contributed by atoms with Crippen LogP contribution in [0, 0.1) is 6.92 Å². The summed E-state index contributed by atoms with van der Waals surface area (Å²) < 4.78 is 0. The lowest BCUT2D eigenvalue weighted by atomic mass is 10.1. The van der Waals surface area contributed by atoms with Gasteiger partial charge in [-0.05, 0) is 19.8 Å². The zero-order valence-corrected chi connectivity index (χ0v) is 7.52. The van der Waals surface area contributed by atoms with Crippen LogP contribution in [0.4, 0.5) is 0 Å². The van der Waals surface area contributed by atoms with E-state index in [0.29, 0.717) is 0 Å². The van der Waals surface area contributed by atoms with Crippen LogP contribution in [0.15, 0.2) is 0 Å². The number of aryl methyl sites for hydroxylation is 2. The number of hydrogen-bond donors (Lipinski definition) is 1. The van der Waals surface area contributed by atoms with Crippen LogP contribution in [0.1, 0.15) is 27.9 Å². The number of carbonyl (C=O) groups is 1. The molecule has 0 spiro atoms. The van der Waals surface area contributed by atoms with Crippen LogP contribution >= 0.6 is 11.3 Å². The molecule has 0 aliphatic heterocycles. The molecule has 4 heteroatoms. The van der Waals surface area contributed by atoms with Crippen LogP contribution in [0.25, 0.3) is 0 Å². The van der Waals surface area contributed by atoms with E-state index in [9.17, 15) is 4.79 Å². The number of aromatic nitrogens is 1. The lowest BCUT2D eigenvalue weighted by Crippen LogP contribution is -2.08. The van der Waals surface area contributed by atoms with E-state index in [0.717, 1.165) is 23.5 Å². The Labute approximate surface area is 74.1 Å². The van der Waals surface area contributed by atoms with Gasteiger partial charge in [0.05, 0.1) is 10.7 Å². The second-order valence-corrected chi connectivity index (χ2v) is 4.26. The van der Waals surface area contributed by atoms with Gasteiger partial charge in [-0.15, -0.1) is 11.3 Å². The molecule has 1 unspecified atom stereocenters. The van der Waals surface area contributed by atoms with Gasteiger partial charge in [-0.3, -0.25) is 4.79 Å². The SMILES string of the molecule is Cc1nc2c(s1)CCC2C(=O)O. The fraction of sp³-hybridized carbons (Fsp3) is 0.500. The second-order valence-electron chi connectivity index (χ2n) is 2.97. The Morgan fingerprint density at radius 2 is 2.50 bits per heavy atom. The Bertz CT molecular complexity index is 332. The van der Waals surface area contributed by atoms with Gasteiger partial charge in [0.1, 0.15) is 5.92 Å². The fourth-order valence-corrected chi connectivity index (χ4v) is 2.60. The van der Waals surface area contributed by atoms with Crippen molar-refractivity contribution in [3.8, 4) is 0 Å². The minimum absolute atomic E-state index is 0.343. The Morgan fingerprint density at radius 3 is 3.17 bits per heavy atom. The summed E-state index contributed by atoms with van der Waals surface area (Å²) in [6.45, 7) is 1.92. The first-order chi connectivity index (χ1) is 5.68. The number of thiazole rings is 1. The number of fused-ring (bicyclic) bond motifs is 1. The second kappa shape index (κ2) is 2.55. The van der Waals surface area contributed by atoms with Gasteiger partial charge >= 0.3 is 5.97 Å². The number of aliphatic carboxylic acids is 1. The molecule has 0 radical (unpaired) electrons. The van der Waals surface area contributed by atoms with Crippen molar-refractivity contribution in [2.75, 3.05) is 0 Å². The highest BCUT2D eigenvalue weighted by molar-refractivity contribution is 7.11. The number of rotatable bonds is 1. The molecular weight excluding hydrogens is 174 g/mol. The van der Waals surface area contributed by atoms with Crippen molar-refractivity contribution in [1.29, 1.82) is 0 Å². The smallest absolute Gasteiger partial charge is 0.312 e. The molecule has 0 fully saturated rings. The zero-order valence-electron chi connectivity index (χ0n) is 6.70. The van der Waals surface area contributed by atoms with Crippen molar-refractivity contribution in [2.45, 2.75) is 25.7 Å². The van der Waals surface area contributed by atoms with Gasteiger partial charge in [0.2, 0.25) is 0 Å². The summed E-state index contributed by atoms with van der Waals surface area (Å²) in [6.07, 6.45) is 1.61. The van der Waals surface area contributed by atoms with Crippen molar-refractivity contribution in [3.05, 3.63) is 15.6 Å². The van der Waals surface area contributed by atoms with Gasteiger partial charge in [0.15, 0.2) is 0 Å². The van der Waals surface area contributed by atoms with E-state index in [1.54, 1.807) is 11.3 Å². The van der Waals surface area contributed by atoms with Crippen LogP contribution in [0.5, 0.6) is 0 Å². The summed E-state index contributed by atoms with van der Waals surface area (Å²) in [4.78, 5) is 16.1. The molecule has 1 aliphatic carbocycles. The largest absolute Gasteiger partial charge is 0.481 e. The van der Waals surface area contributed by atoms with E-state index >= 15 is 0 Å². The van der Waals surface area contributed by atoms with Gasteiger partial charge in [-0.1, -0.05) is 0 Å². The zero-order chi connectivity index (χ0) is 8.72. The Balaban J connectivity index is 2.41. The molecule has 0 saturated carbocycles. The predicted octanol–water partition coefficient (Wildman–Crippen LogP) is 1.57. The topological polar surface area (TPSA) is 50.2 Å². The Morgan fingerprint density at radius 1 is 1.75 bits per heavy atom. The molecule has 0 aromatic carbocycles. The van der Waals surface area contributed by atoms with Crippen molar-refractivity contribution in [2.24, 2.45) is 0 Å². The molecule has 2 rings (SSSR count). The summed E-state index contributed by atoms with van der Waals surface area (Å²) in [5.74, 6) is -1.08. The number of nitrogens with zero attached hydrogens (tertiary/aromatic N) is 1. The van der Waals surface area contributed by atoms with E-state index in [2.05, 4.69) is 4.98 Å². The number of carboxylic acid groups (broad SMARTS) is 1. The highest BCUT2D eigenvalue weighted by Gasteiger charge is 2.31. The lowest BCUT2D eigenvalue weighted by molar-refractivity contribution is -0.138. The standard InChI is InChI=1S/C8H9NO2S/c1-4-9-7-5(8(10)11)2-3-6(7)12-4/h5H,2-3H2,1H3,(H,10,11). The van der Waals surface area contributed by atoms with Crippen molar-refractivity contribution in [3.63, 3.8) is 0 Å². The molecule has 3 nitrogen and oxygen atoms in total. The summed E-state index contributed by atoms with van der Waals surface area (Å²) in [5, 5.41) is 9.81. The molecule has 64 valence electrons. The van der Waals surface area contributed by atoms with Gasteiger partial charge in [-0.25, -0.2) is 4.98 Å². The Hall–Kier alpha value is -0.900. The van der Waals surface area contributed by atoms with Gasteiger partial charge in [0.25, 0.3) is 0 Å². The number of carboxylic acids is 1. The highest BCUT2D eigenvalue weighted by Crippen LogP contribution is 2.36. The molecule has 0 bridgehead atoms. The molecule has 1 heterocycles. The number of hydrogen-bond acceptors (Lipinski definition) is 3. The van der Waals surface area contributed by atoms with E-state index < -0.39 is 5.97 Å². The van der Waals surface area contributed by atoms with Crippen molar-refractivity contribution >= 4 is 17.3 Å². The average Bonchev–Trinajstić information content (AvgIpc) is 2.43. The summed E-state index contributed by atoms with van der Waals surface area (Å²) in [5.41, 5.74) is 0.810. The normalized spacial score (nSPS) is 20.9. The highest BCUT2D eigenvalue weighted by atomic mass is 32.1. The molecule has 1 aliphatic rings. The van der Waals surface area contributed by atoms with Gasteiger partial charge < -0.3 is 5.11 Å². The minimum Gasteiger partial charge on any atom is -0.481 e. The quantitative estimate of drug-likeness (QED) is 0.719. The van der Waals surface area contributed by atoms with Crippen molar-refractivity contribution < 1.29 is 9.90 Å². The van der Waals surface area contributed by atoms with Crippen LogP contribution in [0.2, 0.25) is 0 Å². The summed E-state index contributed by atoms with van der Waals surface area (Å²) in [7, 11) is 0. The van der Waals surface area contributed by atoms with Crippen molar-refractivity contribution in [1.82, 2.24) is 4.98 Å². The first-order valence-electron chi connectivity index (χ1n) is 3.87. The molecular formula is C8H9NO2S. The van der Waals surface area contributed by atoms with Crippen LogP contribution < -0.4 is 0 Å². The lowest BCUT2D eigenvalue weighted by Gasteiger charge is -1.99. The van der Waals surface area contributed by atoms with E-state index in [-0.39, 0.29) is 5.92 Å². The van der Waals surface area contributed by atoms with Crippen LogP contribution in [0.3, 0.4) is 0 Å². The van der Waals surface area contributed by atoms with Gasteiger partial charge in [-0.2, -0.15) is 0 Å². The monoisotopic (exact) mass is 183 g/mol. The maximum atomic E-state index is 10.7. The average molecular weight is 183 g/mol. The first-order valence-corrected chi connectivity index (χ1v) is 4.69. The molecule has 1 aromatic rings. The van der Waals surface area contributed by atoms with E-state index in [1.165, 1.54) is 4.88 Å². The fourth-order valence-electron chi connectivity index (χ4n) is 1.59. The summed E-state index contributed by atoms with van der Waals surface area (Å²) >= 11 is 1.62. The van der Waals surface area contributed by atoms with Gasteiger partial charge in [0, 0.05) is 4.88 Å². The molecule has 1 atom stereocenters. The Kier molecular flexibility index (Phi) is 1.65. The van der Waals surface area contributed by atoms with E-state index in [1.807, 2.05) is 6.92 Å². The minimum atomic E-state index is -0.737. The maximum Gasteiger partial charge on any atom is 0.312 e. The summed E-state index contributed by atoms with van der Waals surface area (Å²) in [6, 6.07) is 0. The molecule has 0 saturated heterocycles. The third-order valence-corrected chi connectivity index (χ3v) is 3.17. The molecule has 12 heavy (non-hydrogen) atoms. The first kappa shape index (κ1) is 7.73. The van der Waals surface area contributed by atoms with Crippen LogP contribution in [-0.2, 0) is 11.2 Å². The third kappa shape index (κ3) is 1.03. The third-order valence-electron chi connectivity index (χ3n) is 2.12. The molecule has 1 aromatic heterocycles. The van der Waals surface area contributed by atoms with Crippen LogP contribution in [-0.4, -0.2) is 16.1 Å². The molecule has 1 N–H and O–H groups in total. The predicted molar refractivity (Wildman–Crippen MR) is 45.5 cm³/mol. The maximum absolute atomic E-state index is 10.7.